The van der Waals surface area contributed by atoms with Crippen LogP contribution in [0.5, 0.6) is 5.75 Å². The lowest BCUT2D eigenvalue weighted by Gasteiger charge is -2.33. The number of carbonyl (C=O) groups excluding carboxylic acids is 2. The van der Waals surface area contributed by atoms with Gasteiger partial charge in [0.15, 0.2) is 0 Å². The number of rotatable bonds is 7. The summed E-state index contributed by atoms with van der Waals surface area (Å²) in [6.45, 7) is 6.19. The van der Waals surface area contributed by atoms with E-state index in [0.29, 0.717) is 41.9 Å². The number of fused-ring (bicyclic) bond motifs is 1. The molecule has 1 aliphatic heterocycles. The van der Waals surface area contributed by atoms with Gasteiger partial charge in [-0.3, -0.25) is 4.79 Å². The predicted octanol–water partition coefficient (Wildman–Crippen LogP) is 6.30. The lowest BCUT2D eigenvalue weighted by molar-refractivity contribution is -0.274. The maximum Gasteiger partial charge on any atom is 0.573 e. The Labute approximate surface area is 218 Å². The van der Waals surface area contributed by atoms with Crippen molar-refractivity contribution in [1.82, 2.24) is 9.88 Å². The smallest absolute Gasteiger partial charge is 0.446 e. The van der Waals surface area contributed by atoms with Gasteiger partial charge in [-0.05, 0) is 47.6 Å². The molecule has 1 unspecified atom stereocenters. The number of amides is 2. The van der Waals surface area contributed by atoms with Crippen LogP contribution in [0.1, 0.15) is 50.1 Å². The van der Waals surface area contributed by atoms with E-state index in [-0.39, 0.29) is 23.1 Å². The number of hydrogen-bond donors (Lipinski definition) is 2. The molecule has 202 valence electrons. The van der Waals surface area contributed by atoms with Crippen molar-refractivity contribution in [3.05, 3.63) is 66.4 Å². The Bertz CT molecular complexity index is 1310. The first kappa shape index (κ1) is 27.1. The average molecular weight is 530 g/mol. The second-order valence-electron chi connectivity index (χ2n) is 10.3. The van der Waals surface area contributed by atoms with E-state index in [9.17, 15) is 22.8 Å². The van der Waals surface area contributed by atoms with Gasteiger partial charge in [0.25, 0.3) is 5.91 Å². The largest absolute Gasteiger partial charge is 0.573 e. The molecule has 0 bridgehead atoms. The van der Waals surface area contributed by atoms with Crippen molar-refractivity contribution in [3.63, 3.8) is 0 Å². The number of nitrogens with two attached hydrogens (primary N) is 1. The fourth-order valence-corrected chi connectivity index (χ4v) is 4.83. The van der Waals surface area contributed by atoms with Gasteiger partial charge in [-0.25, -0.2) is 4.79 Å². The molecule has 3 N–H and O–H groups in total. The first-order valence-electron chi connectivity index (χ1n) is 12.2. The minimum absolute atomic E-state index is 0.206. The van der Waals surface area contributed by atoms with Gasteiger partial charge in [0.1, 0.15) is 17.5 Å². The molecule has 0 aliphatic carbocycles. The van der Waals surface area contributed by atoms with Crippen molar-refractivity contribution < 1.29 is 32.2 Å². The first-order valence-corrected chi connectivity index (χ1v) is 12.2. The highest BCUT2D eigenvalue weighted by Gasteiger charge is 2.34. The Morgan fingerprint density at radius 2 is 1.76 bits per heavy atom. The lowest BCUT2D eigenvalue weighted by Crippen LogP contribution is -2.40. The maximum absolute atomic E-state index is 13.0. The minimum Gasteiger partial charge on any atom is -0.446 e. The Morgan fingerprint density at radius 1 is 1.08 bits per heavy atom. The molecule has 2 aromatic carbocycles. The van der Waals surface area contributed by atoms with Crippen LogP contribution in [-0.2, 0) is 4.74 Å². The predicted molar refractivity (Wildman–Crippen MR) is 137 cm³/mol. The van der Waals surface area contributed by atoms with E-state index >= 15 is 0 Å². The number of primary amides is 1. The van der Waals surface area contributed by atoms with Gasteiger partial charge < -0.3 is 25.1 Å². The van der Waals surface area contributed by atoms with Crippen molar-refractivity contribution in [2.24, 2.45) is 11.1 Å². The van der Waals surface area contributed by atoms with Crippen molar-refractivity contribution >= 4 is 12.0 Å². The highest BCUT2D eigenvalue weighted by Crippen LogP contribution is 2.41. The van der Waals surface area contributed by atoms with E-state index < -0.39 is 18.6 Å². The van der Waals surface area contributed by atoms with Gasteiger partial charge in [-0.15, -0.1) is 13.2 Å². The average Bonchev–Trinajstić information content (AvgIpc) is 3.23. The van der Waals surface area contributed by atoms with Crippen LogP contribution in [0, 0.1) is 5.41 Å². The van der Waals surface area contributed by atoms with Gasteiger partial charge in [0, 0.05) is 12.1 Å². The fourth-order valence-electron chi connectivity index (χ4n) is 4.83. The van der Waals surface area contributed by atoms with Crippen molar-refractivity contribution in [3.8, 4) is 28.1 Å². The number of ether oxygens (including phenoxy) is 2. The van der Waals surface area contributed by atoms with E-state index in [4.69, 9.17) is 10.5 Å². The number of benzene rings is 2. The second-order valence-corrected chi connectivity index (χ2v) is 10.3. The molecule has 0 saturated heterocycles. The molecule has 38 heavy (non-hydrogen) atoms. The molecule has 2 amide bonds. The molecule has 1 aromatic heterocycles. The third-order valence-electron chi connectivity index (χ3n) is 6.54. The van der Waals surface area contributed by atoms with Gasteiger partial charge in [0.05, 0.1) is 11.7 Å². The Kier molecular flexibility index (Phi) is 7.44. The summed E-state index contributed by atoms with van der Waals surface area (Å²) in [7, 11) is 0. The van der Waals surface area contributed by atoms with Crippen molar-refractivity contribution in [2.45, 2.75) is 52.1 Å². The Morgan fingerprint density at radius 3 is 2.39 bits per heavy atom. The third-order valence-corrected chi connectivity index (χ3v) is 6.54. The number of halogens is 3. The van der Waals surface area contributed by atoms with E-state index in [1.165, 1.54) is 18.2 Å². The van der Waals surface area contributed by atoms with E-state index in [0.717, 1.165) is 5.56 Å². The molecule has 0 spiro atoms. The zero-order chi connectivity index (χ0) is 27.7. The number of nitrogens with zero attached hydrogens (tertiary/aromatic N) is 1. The Balaban J connectivity index is 1.80. The normalized spacial score (nSPS) is 16.4. The summed E-state index contributed by atoms with van der Waals surface area (Å²) >= 11 is 0. The number of hydrogen-bond acceptors (Lipinski definition) is 4. The van der Waals surface area contributed by atoms with Crippen LogP contribution < -0.4 is 15.8 Å². The van der Waals surface area contributed by atoms with E-state index in [1.807, 2.05) is 55.7 Å². The van der Waals surface area contributed by atoms with E-state index in [2.05, 4.69) is 10.1 Å². The lowest BCUT2D eigenvalue weighted by atomic mass is 9.85. The van der Waals surface area contributed by atoms with Crippen LogP contribution in [0.3, 0.4) is 0 Å². The molecular formula is C28H30F3N3O4. The molecule has 3 aromatic rings. The summed E-state index contributed by atoms with van der Waals surface area (Å²) in [4.78, 5) is 24.5. The van der Waals surface area contributed by atoms with Crippen molar-refractivity contribution in [1.29, 1.82) is 0 Å². The summed E-state index contributed by atoms with van der Waals surface area (Å²) in [6.07, 6.45) is -5.09. The molecule has 0 saturated carbocycles. The number of carbonyl (C=O) groups is 2. The van der Waals surface area contributed by atoms with Crippen LogP contribution >= 0.6 is 0 Å². The SMILES string of the molecule is CC(C)(C)C(CC[C@H]1CNC(=O)c2cc(-c3cccc(OC(F)(F)F)c3)c(-c3ccccc3)n21)OC(N)=O. The number of alkyl halides is 3. The van der Waals surface area contributed by atoms with Gasteiger partial charge in [-0.1, -0.05) is 63.2 Å². The second kappa shape index (κ2) is 10.4. The number of aromatic nitrogens is 1. The van der Waals surface area contributed by atoms with Crippen LogP contribution in [-0.4, -0.2) is 35.6 Å². The van der Waals surface area contributed by atoms with Gasteiger partial charge in [0.2, 0.25) is 0 Å². The highest BCUT2D eigenvalue weighted by atomic mass is 19.4. The highest BCUT2D eigenvalue weighted by molar-refractivity contribution is 5.98. The zero-order valence-electron chi connectivity index (χ0n) is 21.3. The zero-order valence-corrected chi connectivity index (χ0v) is 21.3. The number of nitrogens with one attached hydrogen (secondary N) is 1. The molecule has 2 atom stereocenters. The molecule has 4 rings (SSSR count). The molecule has 7 nitrogen and oxygen atoms in total. The summed E-state index contributed by atoms with van der Waals surface area (Å²) < 4.78 is 50.2. The minimum atomic E-state index is -4.83. The summed E-state index contributed by atoms with van der Waals surface area (Å²) in [6, 6.07) is 16.5. The molecular weight excluding hydrogens is 499 g/mol. The van der Waals surface area contributed by atoms with Crippen LogP contribution in [0.4, 0.5) is 18.0 Å². The first-order chi connectivity index (χ1) is 17.8. The topological polar surface area (TPSA) is 95.6 Å². The summed E-state index contributed by atoms with van der Waals surface area (Å²) in [5.41, 5.74) is 7.91. The molecule has 1 aliphatic rings. The molecule has 0 fully saturated rings. The van der Waals surface area contributed by atoms with Crippen molar-refractivity contribution in [2.75, 3.05) is 6.54 Å². The fraction of sp³-hybridized carbons (Fsp3) is 0.357. The molecule has 2 heterocycles. The molecule has 10 heteroatoms. The summed E-state index contributed by atoms with van der Waals surface area (Å²) in [5.74, 6) is -0.635. The van der Waals surface area contributed by atoms with Crippen LogP contribution in [0.2, 0.25) is 0 Å². The Hall–Kier alpha value is -3.95. The third kappa shape index (κ3) is 6.12. The van der Waals surface area contributed by atoms with E-state index in [1.54, 1.807) is 12.1 Å². The van der Waals surface area contributed by atoms with Crippen LogP contribution in [0.25, 0.3) is 22.4 Å². The van der Waals surface area contributed by atoms with Crippen LogP contribution in [0.15, 0.2) is 60.7 Å². The standard InChI is InChI=1S/C28H30F3N3O4/c1-27(2,3)23(37-26(32)36)13-12-19-16-33-25(35)22-15-21(24(34(19)22)17-8-5-4-6-9-17)18-10-7-11-20(14-18)38-28(29,30)31/h4-11,14-15,19,23H,12-13,16H2,1-3H3,(H2,32,36)(H,33,35)/t19-,23?/m0/s1. The van der Waals surface area contributed by atoms with Gasteiger partial charge in [-0.2, -0.15) is 0 Å². The molecule has 0 radical (unpaired) electrons. The maximum atomic E-state index is 13.0. The quantitative estimate of drug-likeness (QED) is 0.376. The van der Waals surface area contributed by atoms with Gasteiger partial charge >= 0.3 is 12.5 Å². The monoisotopic (exact) mass is 529 g/mol. The summed E-state index contributed by atoms with van der Waals surface area (Å²) in [5, 5.41) is 2.91.